The van der Waals surface area contributed by atoms with Crippen molar-refractivity contribution in [2.45, 2.75) is 62.5 Å². The Labute approximate surface area is 160 Å². The molecular formula is C22H29N3O2. The highest BCUT2D eigenvalue weighted by atomic mass is 16.3. The molecule has 0 spiro atoms. The first-order chi connectivity index (χ1) is 13.1. The number of hydrogen-bond acceptors (Lipinski definition) is 3. The van der Waals surface area contributed by atoms with Gasteiger partial charge in [0.05, 0.1) is 23.8 Å². The van der Waals surface area contributed by atoms with E-state index in [0.717, 1.165) is 49.7 Å². The summed E-state index contributed by atoms with van der Waals surface area (Å²) in [5.74, 6) is 0.396. The van der Waals surface area contributed by atoms with Crippen molar-refractivity contribution < 1.29 is 9.90 Å². The number of aryl methyl sites for hydroxylation is 1. The molecule has 1 heterocycles. The van der Waals surface area contributed by atoms with Gasteiger partial charge in [0.25, 0.3) is 0 Å². The van der Waals surface area contributed by atoms with Crippen molar-refractivity contribution in [2.75, 3.05) is 0 Å². The van der Waals surface area contributed by atoms with E-state index in [9.17, 15) is 9.90 Å². The summed E-state index contributed by atoms with van der Waals surface area (Å²) in [6.07, 6.45) is 10.2. The van der Waals surface area contributed by atoms with Crippen LogP contribution in [0.5, 0.6) is 0 Å². The van der Waals surface area contributed by atoms with Crippen molar-refractivity contribution in [1.29, 1.82) is 0 Å². The van der Waals surface area contributed by atoms with Gasteiger partial charge >= 0.3 is 0 Å². The normalized spacial score (nSPS) is 25.4. The molecule has 2 aliphatic rings. The van der Waals surface area contributed by atoms with Crippen LogP contribution in [-0.2, 0) is 17.3 Å². The van der Waals surface area contributed by atoms with E-state index in [1.165, 1.54) is 6.42 Å². The highest BCUT2D eigenvalue weighted by Gasteiger charge is 2.44. The fourth-order valence-corrected chi connectivity index (χ4v) is 4.81. The summed E-state index contributed by atoms with van der Waals surface area (Å²) in [7, 11) is 1.89. The fraction of sp³-hybridized carbons (Fsp3) is 0.545. The number of aromatic nitrogens is 2. The van der Waals surface area contributed by atoms with Gasteiger partial charge in [0.15, 0.2) is 0 Å². The van der Waals surface area contributed by atoms with Crippen LogP contribution in [0.1, 0.15) is 62.1 Å². The second-order valence-electron chi connectivity index (χ2n) is 8.29. The predicted octanol–water partition coefficient (Wildman–Crippen LogP) is 3.25. The molecule has 27 heavy (non-hydrogen) atoms. The summed E-state index contributed by atoms with van der Waals surface area (Å²) in [5, 5.41) is 17.5. The minimum Gasteiger partial charge on any atom is -0.393 e. The molecule has 0 unspecified atom stereocenters. The highest BCUT2D eigenvalue weighted by molar-refractivity contribution is 5.88. The van der Waals surface area contributed by atoms with Crippen LogP contribution in [0.2, 0.25) is 0 Å². The largest absolute Gasteiger partial charge is 0.393 e. The highest BCUT2D eigenvalue weighted by Crippen LogP contribution is 2.42. The maximum atomic E-state index is 13.6. The lowest BCUT2D eigenvalue weighted by atomic mass is 9.68. The molecule has 2 saturated carbocycles. The van der Waals surface area contributed by atoms with Crippen LogP contribution >= 0.6 is 0 Å². The number of hydrogen-bond donors (Lipinski definition) is 2. The lowest BCUT2D eigenvalue weighted by Crippen LogP contribution is -2.50. The summed E-state index contributed by atoms with van der Waals surface area (Å²) in [4.78, 5) is 13.6. The molecule has 1 atom stereocenters. The van der Waals surface area contributed by atoms with Gasteiger partial charge in [0, 0.05) is 18.8 Å². The Morgan fingerprint density at radius 3 is 2.52 bits per heavy atom. The van der Waals surface area contributed by atoms with Crippen molar-refractivity contribution >= 4 is 5.91 Å². The summed E-state index contributed by atoms with van der Waals surface area (Å²) >= 11 is 0. The van der Waals surface area contributed by atoms with E-state index in [1.54, 1.807) is 4.68 Å². The number of benzene rings is 1. The minimum absolute atomic E-state index is 0.0860. The van der Waals surface area contributed by atoms with Crippen molar-refractivity contribution in [3.8, 4) is 0 Å². The minimum atomic E-state index is -0.442. The van der Waals surface area contributed by atoms with Gasteiger partial charge in [0.1, 0.15) is 0 Å². The second kappa shape index (κ2) is 7.47. The topological polar surface area (TPSA) is 67.2 Å². The van der Waals surface area contributed by atoms with E-state index in [1.807, 2.05) is 37.6 Å². The molecule has 4 rings (SSSR count). The average molecular weight is 367 g/mol. The number of amides is 1. The van der Waals surface area contributed by atoms with E-state index >= 15 is 0 Å². The van der Waals surface area contributed by atoms with Gasteiger partial charge in [-0.25, -0.2) is 0 Å². The van der Waals surface area contributed by atoms with Crippen LogP contribution < -0.4 is 5.32 Å². The smallest absolute Gasteiger partial charge is 0.231 e. The first-order valence-corrected chi connectivity index (χ1v) is 10.1. The molecule has 0 saturated heterocycles. The maximum absolute atomic E-state index is 13.6. The molecule has 0 bridgehead atoms. The molecule has 2 aliphatic carbocycles. The molecule has 2 aromatic rings. The average Bonchev–Trinajstić information content (AvgIpc) is 3.11. The number of nitrogens with one attached hydrogen (secondary N) is 1. The Kier molecular flexibility index (Phi) is 5.04. The van der Waals surface area contributed by atoms with Crippen molar-refractivity contribution in [1.82, 2.24) is 15.1 Å². The first kappa shape index (κ1) is 18.2. The van der Waals surface area contributed by atoms with Crippen LogP contribution in [-0.4, -0.2) is 26.9 Å². The number of aliphatic hydroxyl groups excluding tert-OH is 1. The Hall–Kier alpha value is -2.14. The lowest BCUT2D eigenvalue weighted by molar-refractivity contribution is -0.130. The van der Waals surface area contributed by atoms with Crippen molar-refractivity contribution in [3.05, 3.63) is 53.9 Å². The van der Waals surface area contributed by atoms with Crippen LogP contribution in [0.4, 0.5) is 0 Å². The van der Waals surface area contributed by atoms with Crippen LogP contribution in [0.15, 0.2) is 42.7 Å². The van der Waals surface area contributed by atoms with Gasteiger partial charge in [-0.15, -0.1) is 0 Å². The van der Waals surface area contributed by atoms with Crippen molar-refractivity contribution in [2.24, 2.45) is 13.0 Å². The van der Waals surface area contributed by atoms with E-state index < -0.39 is 5.41 Å². The van der Waals surface area contributed by atoms with Crippen LogP contribution in [0.3, 0.4) is 0 Å². The zero-order valence-corrected chi connectivity index (χ0v) is 16.0. The van der Waals surface area contributed by atoms with E-state index in [0.29, 0.717) is 0 Å². The molecule has 1 aromatic carbocycles. The van der Waals surface area contributed by atoms with Gasteiger partial charge in [-0.2, -0.15) is 5.10 Å². The summed E-state index contributed by atoms with van der Waals surface area (Å²) in [6.45, 7) is 0. The molecule has 5 heteroatoms. The molecule has 2 N–H and O–H groups in total. The molecule has 0 radical (unpaired) electrons. The lowest BCUT2D eigenvalue weighted by Gasteiger charge is -2.41. The Morgan fingerprint density at radius 1 is 1.22 bits per heavy atom. The quantitative estimate of drug-likeness (QED) is 0.852. The number of rotatable bonds is 5. The SMILES string of the molecule is Cn1cc([C@@H](NC(=O)C2(c3ccccc3)CCCCC2)C2CC(O)C2)cn1. The molecular weight excluding hydrogens is 338 g/mol. The summed E-state index contributed by atoms with van der Waals surface area (Å²) < 4.78 is 1.77. The zero-order valence-electron chi connectivity index (χ0n) is 16.0. The Morgan fingerprint density at radius 2 is 1.93 bits per heavy atom. The summed E-state index contributed by atoms with van der Waals surface area (Å²) in [6, 6.07) is 10.2. The third-order valence-electron chi connectivity index (χ3n) is 6.46. The zero-order chi connectivity index (χ0) is 18.9. The third-order valence-corrected chi connectivity index (χ3v) is 6.46. The fourth-order valence-electron chi connectivity index (χ4n) is 4.81. The van der Waals surface area contributed by atoms with Crippen molar-refractivity contribution in [3.63, 3.8) is 0 Å². The maximum Gasteiger partial charge on any atom is 0.231 e. The molecule has 1 aromatic heterocycles. The van der Waals surface area contributed by atoms with E-state index in [2.05, 4.69) is 22.5 Å². The Balaban J connectivity index is 1.62. The number of carbonyl (C=O) groups excluding carboxylic acids is 1. The van der Waals surface area contributed by atoms with Gasteiger partial charge in [-0.05, 0) is 37.2 Å². The molecule has 2 fully saturated rings. The van der Waals surface area contributed by atoms with E-state index in [-0.39, 0.29) is 24.0 Å². The van der Waals surface area contributed by atoms with Gasteiger partial charge in [-0.3, -0.25) is 9.48 Å². The predicted molar refractivity (Wildman–Crippen MR) is 104 cm³/mol. The van der Waals surface area contributed by atoms with Gasteiger partial charge in [-0.1, -0.05) is 49.6 Å². The number of aliphatic hydroxyl groups is 1. The van der Waals surface area contributed by atoms with Crippen LogP contribution in [0, 0.1) is 5.92 Å². The Bertz CT molecular complexity index is 774. The van der Waals surface area contributed by atoms with Gasteiger partial charge < -0.3 is 10.4 Å². The summed E-state index contributed by atoms with van der Waals surface area (Å²) in [5.41, 5.74) is 1.71. The number of nitrogens with zero attached hydrogens (tertiary/aromatic N) is 2. The number of carbonyl (C=O) groups is 1. The molecule has 144 valence electrons. The molecule has 5 nitrogen and oxygen atoms in total. The standard InChI is InChI=1S/C22H29N3O2/c1-25-15-17(14-23-25)20(16-12-19(26)13-16)24-21(27)22(10-6-3-7-11-22)18-8-4-2-5-9-18/h2,4-5,8-9,14-16,19-20,26H,3,6-7,10-13H2,1H3,(H,24,27)/t16?,19?,20-/m0/s1. The molecule has 0 aliphatic heterocycles. The molecule has 1 amide bonds. The van der Waals surface area contributed by atoms with E-state index in [4.69, 9.17) is 0 Å². The second-order valence-corrected chi connectivity index (χ2v) is 8.29. The van der Waals surface area contributed by atoms with Gasteiger partial charge in [0.2, 0.25) is 5.91 Å². The van der Waals surface area contributed by atoms with Crippen LogP contribution in [0.25, 0.3) is 0 Å². The third kappa shape index (κ3) is 3.53. The monoisotopic (exact) mass is 367 g/mol. The first-order valence-electron chi connectivity index (χ1n) is 10.1.